The minimum atomic E-state index is -0.595. The summed E-state index contributed by atoms with van der Waals surface area (Å²) in [6.45, 7) is 3.05. The Morgan fingerprint density at radius 2 is 1.93 bits per heavy atom. The number of hydrogen-bond acceptors (Lipinski definition) is 2. The molecule has 3 heterocycles. The lowest BCUT2D eigenvalue weighted by Gasteiger charge is -2.38. The summed E-state index contributed by atoms with van der Waals surface area (Å²) in [5.41, 5.74) is 3.24. The molecule has 0 N–H and O–H groups in total. The van der Waals surface area contributed by atoms with Crippen molar-refractivity contribution in [3.8, 4) is 11.4 Å². The topological polar surface area (TPSA) is 38.1 Å². The van der Waals surface area contributed by atoms with Crippen LogP contribution in [0.3, 0.4) is 0 Å². The highest BCUT2D eigenvalue weighted by atomic mass is 19.1. The molecule has 0 fully saturated rings. The molecule has 0 aliphatic carbocycles. The van der Waals surface area contributed by atoms with E-state index in [-0.39, 0.29) is 17.9 Å². The molecule has 4 nitrogen and oxygen atoms in total. The first-order valence-corrected chi connectivity index (χ1v) is 10.4. The van der Waals surface area contributed by atoms with E-state index in [1.807, 2.05) is 43.5 Å². The number of amides is 1. The van der Waals surface area contributed by atoms with Crippen LogP contribution in [0.5, 0.6) is 0 Å². The lowest BCUT2D eigenvalue weighted by molar-refractivity contribution is -0.138. The van der Waals surface area contributed by atoms with E-state index in [4.69, 9.17) is 0 Å². The zero-order valence-electron chi connectivity index (χ0n) is 16.8. The molecule has 5 rings (SSSR count). The van der Waals surface area contributed by atoms with E-state index in [0.29, 0.717) is 30.5 Å². The Labute approximate surface area is 174 Å². The number of aromatic nitrogens is 2. The molecule has 0 spiro atoms. The third-order valence-electron chi connectivity index (χ3n) is 6.47. The van der Waals surface area contributed by atoms with Crippen LogP contribution in [0, 0.1) is 17.6 Å². The molecule has 0 unspecified atom stereocenters. The van der Waals surface area contributed by atoms with Crippen LogP contribution in [0.2, 0.25) is 0 Å². The third-order valence-corrected chi connectivity index (χ3v) is 6.47. The molecule has 0 saturated heterocycles. The van der Waals surface area contributed by atoms with Gasteiger partial charge in [-0.15, -0.1) is 0 Å². The van der Waals surface area contributed by atoms with E-state index in [1.54, 1.807) is 4.90 Å². The molecule has 2 aliphatic rings. The number of imidazole rings is 1. The highest BCUT2D eigenvalue weighted by Crippen LogP contribution is 2.35. The molecule has 1 amide bonds. The zero-order valence-corrected chi connectivity index (χ0v) is 16.8. The van der Waals surface area contributed by atoms with Crippen molar-refractivity contribution in [1.29, 1.82) is 0 Å². The van der Waals surface area contributed by atoms with Gasteiger partial charge in [0.05, 0.1) is 6.04 Å². The molecule has 6 heteroatoms. The van der Waals surface area contributed by atoms with Gasteiger partial charge in [-0.1, -0.05) is 30.3 Å². The monoisotopic (exact) mass is 407 g/mol. The summed E-state index contributed by atoms with van der Waals surface area (Å²) in [4.78, 5) is 19.7. The quantitative estimate of drug-likeness (QED) is 0.626. The van der Waals surface area contributed by atoms with Crippen molar-refractivity contribution in [2.24, 2.45) is 5.92 Å². The van der Waals surface area contributed by atoms with Gasteiger partial charge in [-0.25, -0.2) is 13.8 Å². The fourth-order valence-electron chi connectivity index (χ4n) is 4.88. The number of benzene rings is 2. The van der Waals surface area contributed by atoms with Crippen LogP contribution < -0.4 is 0 Å². The van der Waals surface area contributed by atoms with E-state index < -0.39 is 11.6 Å². The second-order valence-electron chi connectivity index (χ2n) is 8.19. The van der Waals surface area contributed by atoms with Crippen molar-refractivity contribution >= 4 is 5.91 Å². The number of rotatable bonds is 2. The van der Waals surface area contributed by atoms with Gasteiger partial charge in [-0.2, -0.15) is 0 Å². The van der Waals surface area contributed by atoms with E-state index in [9.17, 15) is 13.6 Å². The average molecular weight is 407 g/mol. The smallest absolute Gasteiger partial charge is 0.226 e. The summed E-state index contributed by atoms with van der Waals surface area (Å²) in [5.74, 6) is -0.254. The molecule has 0 radical (unpaired) electrons. The van der Waals surface area contributed by atoms with E-state index >= 15 is 0 Å². The van der Waals surface area contributed by atoms with E-state index in [1.165, 1.54) is 6.07 Å². The van der Waals surface area contributed by atoms with Crippen LogP contribution in [0.4, 0.5) is 8.78 Å². The van der Waals surface area contributed by atoms with Crippen LogP contribution in [0.25, 0.3) is 11.4 Å². The molecular formula is C24H23F2N3O. The maximum atomic E-state index is 14.1. The standard InChI is InChI=1S/C24H23F2N3O/c1-15-21-12-18(25)13-22(26)20(21)8-10-28(15)24(30)17-7-9-29-19(11-17)14-27-23(29)16-5-3-2-4-6-16/h2-6,12-15,17H,7-11H2,1H3/t15-,17+/m0/s1. The van der Waals surface area contributed by atoms with Crippen molar-refractivity contribution in [3.63, 3.8) is 0 Å². The number of carbonyl (C=O) groups excluding carboxylic acids is 1. The normalized spacial score (nSPS) is 20.6. The van der Waals surface area contributed by atoms with Gasteiger partial charge in [-0.3, -0.25) is 4.79 Å². The van der Waals surface area contributed by atoms with Gasteiger partial charge in [0, 0.05) is 48.9 Å². The van der Waals surface area contributed by atoms with Crippen molar-refractivity contribution in [2.75, 3.05) is 6.54 Å². The Kier molecular flexibility index (Phi) is 4.65. The molecule has 0 saturated carbocycles. The minimum Gasteiger partial charge on any atom is -0.335 e. The van der Waals surface area contributed by atoms with Gasteiger partial charge in [-0.05, 0) is 37.0 Å². The largest absolute Gasteiger partial charge is 0.335 e. The predicted octanol–water partition coefficient (Wildman–Crippen LogP) is 4.54. The van der Waals surface area contributed by atoms with Crippen LogP contribution in [0.15, 0.2) is 48.7 Å². The Bertz CT molecular complexity index is 1110. The minimum absolute atomic E-state index is 0.0616. The molecular weight excluding hydrogens is 384 g/mol. The molecule has 1 aromatic heterocycles. The lowest BCUT2D eigenvalue weighted by Crippen LogP contribution is -2.44. The maximum Gasteiger partial charge on any atom is 0.226 e. The van der Waals surface area contributed by atoms with Crippen molar-refractivity contribution < 1.29 is 13.6 Å². The zero-order chi connectivity index (χ0) is 20.8. The van der Waals surface area contributed by atoms with Gasteiger partial charge in [0.25, 0.3) is 0 Å². The number of nitrogens with zero attached hydrogens (tertiary/aromatic N) is 3. The SMILES string of the molecule is C[C@H]1c2cc(F)cc(F)c2CCN1C(=O)[C@@H]1CCn2c(cnc2-c2ccccc2)C1. The third kappa shape index (κ3) is 3.11. The number of halogens is 2. The molecule has 3 aromatic rings. The summed E-state index contributed by atoms with van der Waals surface area (Å²) in [7, 11) is 0. The summed E-state index contributed by atoms with van der Waals surface area (Å²) >= 11 is 0. The van der Waals surface area contributed by atoms with Gasteiger partial charge in [0.1, 0.15) is 17.5 Å². The average Bonchev–Trinajstić information content (AvgIpc) is 3.18. The number of carbonyl (C=O) groups is 1. The van der Waals surface area contributed by atoms with Crippen molar-refractivity contribution in [3.05, 3.63) is 77.1 Å². The van der Waals surface area contributed by atoms with Crippen LogP contribution in [-0.4, -0.2) is 26.9 Å². The first-order chi connectivity index (χ1) is 14.5. The molecule has 2 aromatic carbocycles. The molecule has 0 bridgehead atoms. The first kappa shape index (κ1) is 19.0. The van der Waals surface area contributed by atoms with E-state index in [2.05, 4.69) is 9.55 Å². The first-order valence-electron chi connectivity index (χ1n) is 10.4. The Morgan fingerprint density at radius 1 is 1.13 bits per heavy atom. The van der Waals surface area contributed by atoms with Crippen LogP contribution >= 0.6 is 0 Å². The van der Waals surface area contributed by atoms with Crippen molar-refractivity contribution in [1.82, 2.24) is 14.5 Å². The molecule has 154 valence electrons. The summed E-state index contributed by atoms with van der Waals surface area (Å²) in [5, 5.41) is 0. The Hall–Kier alpha value is -3.02. The number of hydrogen-bond donors (Lipinski definition) is 0. The Balaban J connectivity index is 1.37. The van der Waals surface area contributed by atoms with Crippen molar-refractivity contribution in [2.45, 2.75) is 38.8 Å². The molecule has 2 atom stereocenters. The lowest BCUT2D eigenvalue weighted by atomic mass is 9.89. The summed E-state index contributed by atoms with van der Waals surface area (Å²) < 4.78 is 30.1. The van der Waals surface area contributed by atoms with Gasteiger partial charge in [0.2, 0.25) is 5.91 Å². The maximum absolute atomic E-state index is 14.1. The number of fused-ring (bicyclic) bond motifs is 2. The Morgan fingerprint density at radius 3 is 2.73 bits per heavy atom. The fraction of sp³-hybridized carbons (Fsp3) is 0.333. The van der Waals surface area contributed by atoms with Crippen LogP contribution in [0.1, 0.15) is 36.2 Å². The summed E-state index contributed by atoms with van der Waals surface area (Å²) in [6.07, 6.45) is 3.64. The second-order valence-corrected chi connectivity index (χ2v) is 8.19. The highest BCUT2D eigenvalue weighted by molar-refractivity contribution is 5.80. The van der Waals surface area contributed by atoms with Gasteiger partial charge < -0.3 is 9.47 Å². The molecule has 30 heavy (non-hydrogen) atoms. The van der Waals surface area contributed by atoms with Crippen LogP contribution in [-0.2, 0) is 24.2 Å². The molecule has 2 aliphatic heterocycles. The van der Waals surface area contributed by atoms with Gasteiger partial charge >= 0.3 is 0 Å². The fourth-order valence-corrected chi connectivity index (χ4v) is 4.88. The second kappa shape index (κ2) is 7.35. The van der Waals surface area contributed by atoms with Gasteiger partial charge in [0.15, 0.2) is 0 Å². The summed E-state index contributed by atoms with van der Waals surface area (Å²) in [6, 6.07) is 12.0. The predicted molar refractivity (Wildman–Crippen MR) is 110 cm³/mol. The highest BCUT2D eigenvalue weighted by Gasteiger charge is 2.35. The van der Waals surface area contributed by atoms with E-state index in [0.717, 1.165) is 36.1 Å².